The minimum absolute atomic E-state index is 0.219. The Balaban J connectivity index is 1.79. The molecule has 5 nitrogen and oxygen atoms in total. The van der Waals surface area contributed by atoms with Crippen molar-refractivity contribution in [3.8, 4) is 0 Å². The number of carbonyl (C=O) groups excluding carboxylic acids is 3. The Hall–Kier alpha value is -2.60. The van der Waals surface area contributed by atoms with Crippen molar-refractivity contribution in [1.82, 2.24) is 0 Å². The van der Waals surface area contributed by atoms with Crippen LogP contribution in [0.1, 0.15) is 23.2 Å². The fourth-order valence-corrected chi connectivity index (χ4v) is 2.94. The highest BCUT2D eigenvalue weighted by Gasteiger charge is 2.30. The zero-order valence-electron chi connectivity index (χ0n) is 13.1. The zero-order valence-corrected chi connectivity index (χ0v) is 13.9. The van der Waals surface area contributed by atoms with Gasteiger partial charge in [-0.1, -0.05) is 6.07 Å². The number of hydrogen-bond acceptors (Lipinski definition) is 4. The second kappa shape index (κ2) is 6.88. The summed E-state index contributed by atoms with van der Waals surface area (Å²) in [6.45, 7) is 0. The van der Waals surface area contributed by atoms with E-state index in [1.54, 1.807) is 36.0 Å². The van der Waals surface area contributed by atoms with Crippen molar-refractivity contribution in [2.75, 3.05) is 16.5 Å². The van der Waals surface area contributed by atoms with Crippen molar-refractivity contribution in [3.05, 3.63) is 54.1 Å². The van der Waals surface area contributed by atoms with Gasteiger partial charge in [0.15, 0.2) is 0 Å². The molecule has 6 heteroatoms. The first-order chi connectivity index (χ1) is 11.6. The topological polar surface area (TPSA) is 66.5 Å². The van der Waals surface area contributed by atoms with Crippen LogP contribution in [-0.2, 0) is 9.59 Å². The monoisotopic (exact) mass is 340 g/mol. The van der Waals surface area contributed by atoms with Gasteiger partial charge < -0.3 is 5.32 Å². The van der Waals surface area contributed by atoms with Crippen LogP contribution < -0.4 is 10.2 Å². The van der Waals surface area contributed by atoms with E-state index in [0.717, 1.165) is 9.80 Å². The lowest BCUT2D eigenvalue weighted by atomic mass is 10.1. The number of imide groups is 1. The van der Waals surface area contributed by atoms with Crippen molar-refractivity contribution in [1.29, 1.82) is 0 Å². The summed E-state index contributed by atoms with van der Waals surface area (Å²) in [5.41, 5.74) is 1.53. The number of nitrogens with zero attached hydrogens (tertiary/aromatic N) is 1. The van der Waals surface area contributed by atoms with Gasteiger partial charge >= 0.3 is 0 Å². The molecule has 3 rings (SSSR count). The third kappa shape index (κ3) is 3.33. The molecule has 122 valence electrons. The Labute approximate surface area is 144 Å². The lowest BCUT2D eigenvalue weighted by molar-refractivity contribution is -0.121. The summed E-state index contributed by atoms with van der Waals surface area (Å²) in [5.74, 6) is -0.747. The molecule has 1 saturated heterocycles. The standard InChI is InChI=1S/C18H16N2O3S/c1-24-15-7-5-13(6-8-15)19-18(23)12-3-2-4-14(11-12)20-16(21)9-10-17(20)22/h2-8,11H,9-10H2,1H3,(H,19,23). The Morgan fingerprint density at radius 1 is 1.04 bits per heavy atom. The van der Waals surface area contributed by atoms with Crippen LogP contribution in [0.25, 0.3) is 0 Å². The van der Waals surface area contributed by atoms with E-state index >= 15 is 0 Å². The molecule has 24 heavy (non-hydrogen) atoms. The molecule has 0 aliphatic carbocycles. The van der Waals surface area contributed by atoms with E-state index in [2.05, 4.69) is 5.32 Å². The molecule has 0 aromatic heterocycles. The summed E-state index contributed by atoms with van der Waals surface area (Å²) in [5, 5.41) is 2.81. The van der Waals surface area contributed by atoms with Crippen LogP contribution in [0.3, 0.4) is 0 Å². The van der Waals surface area contributed by atoms with E-state index in [1.807, 2.05) is 30.5 Å². The first-order valence-electron chi connectivity index (χ1n) is 7.50. The molecule has 1 aliphatic rings. The van der Waals surface area contributed by atoms with Crippen molar-refractivity contribution in [2.24, 2.45) is 0 Å². The Morgan fingerprint density at radius 2 is 1.71 bits per heavy atom. The largest absolute Gasteiger partial charge is 0.322 e. The fraction of sp³-hybridized carbons (Fsp3) is 0.167. The molecular formula is C18H16N2O3S. The van der Waals surface area contributed by atoms with E-state index in [9.17, 15) is 14.4 Å². The summed E-state index contributed by atoms with van der Waals surface area (Å²) in [6, 6.07) is 14.1. The number of anilines is 2. The molecule has 3 amide bonds. The maximum Gasteiger partial charge on any atom is 0.255 e. The number of carbonyl (C=O) groups is 3. The molecule has 1 aliphatic heterocycles. The normalized spacial score (nSPS) is 14.1. The lowest BCUT2D eigenvalue weighted by Crippen LogP contribution is -2.28. The Kier molecular flexibility index (Phi) is 4.66. The molecule has 2 aromatic rings. The maximum absolute atomic E-state index is 12.4. The summed E-state index contributed by atoms with van der Waals surface area (Å²) in [7, 11) is 0. The van der Waals surface area contributed by atoms with Crippen molar-refractivity contribution in [2.45, 2.75) is 17.7 Å². The molecular weight excluding hydrogens is 324 g/mol. The first kappa shape index (κ1) is 16.3. The average molecular weight is 340 g/mol. The first-order valence-corrected chi connectivity index (χ1v) is 8.72. The predicted octanol–water partition coefficient (Wildman–Crippen LogP) is 3.31. The molecule has 1 heterocycles. The Morgan fingerprint density at radius 3 is 2.33 bits per heavy atom. The van der Waals surface area contributed by atoms with Crippen molar-refractivity contribution < 1.29 is 14.4 Å². The van der Waals surface area contributed by atoms with Crippen LogP contribution in [0.15, 0.2) is 53.4 Å². The highest BCUT2D eigenvalue weighted by Crippen LogP contribution is 2.24. The molecule has 0 bridgehead atoms. The number of rotatable bonds is 4. The van der Waals surface area contributed by atoms with Gasteiger partial charge in [0.2, 0.25) is 11.8 Å². The van der Waals surface area contributed by atoms with Gasteiger partial charge in [-0.2, -0.15) is 0 Å². The van der Waals surface area contributed by atoms with E-state index in [0.29, 0.717) is 16.9 Å². The molecule has 0 unspecified atom stereocenters. The van der Waals surface area contributed by atoms with Gasteiger partial charge in [0.05, 0.1) is 5.69 Å². The molecule has 0 atom stereocenters. The van der Waals surface area contributed by atoms with Gasteiger partial charge in [-0.3, -0.25) is 19.3 Å². The summed E-state index contributed by atoms with van der Waals surface area (Å²) >= 11 is 1.63. The molecule has 2 aromatic carbocycles. The summed E-state index contributed by atoms with van der Waals surface area (Å²) in [6.07, 6.45) is 2.42. The van der Waals surface area contributed by atoms with Crippen LogP contribution in [0.5, 0.6) is 0 Å². The van der Waals surface area contributed by atoms with E-state index < -0.39 is 0 Å². The van der Waals surface area contributed by atoms with Crippen molar-refractivity contribution in [3.63, 3.8) is 0 Å². The number of hydrogen-bond donors (Lipinski definition) is 1. The number of thioether (sulfide) groups is 1. The quantitative estimate of drug-likeness (QED) is 0.685. The van der Waals surface area contributed by atoms with E-state index in [1.165, 1.54) is 0 Å². The molecule has 0 radical (unpaired) electrons. The lowest BCUT2D eigenvalue weighted by Gasteiger charge is -2.15. The highest BCUT2D eigenvalue weighted by atomic mass is 32.2. The molecule has 0 spiro atoms. The number of nitrogens with one attached hydrogen (secondary N) is 1. The van der Waals surface area contributed by atoms with Gasteiger partial charge in [0.1, 0.15) is 0 Å². The van der Waals surface area contributed by atoms with Gasteiger partial charge in [0.25, 0.3) is 5.91 Å². The second-order valence-electron chi connectivity index (χ2n) is 5.36. The van der Waals surface area contributed by atoms with Gasteiger partial charge in [-0.15, -0.1) is 11.8 Å². The zero-order chi connectivity index (χ0) is 17.1. The third-order valence-electron chi connectivity index (χ3n) is 3.77. The molecule has 1 fully saturated rings. The van der Waals surface area contributed by atoms with E-state index in [4.69, 9.17) is 0 Å². The predicted molar refractivity (Wildman–Crippen MR) is 94.3 cm³/mol. The Bertz CT molecular complexity index is 786. The smallest absolute Gasteiger partial charge is 0.255 e. The van der Waals surface area contributed by atoms with Crippen LogP contribution in [0.2, 0.25) is 0 Å². The SMILES string of the molecule is CSc1ccc(NC(=O)c2cccc(N3C(=O)CCC3=O)c2)cc1. The summed E-state index contributed by atoms with van der Waals surface area (Å²) in [4.78, 5) is 38.3. The van der Waals surface area contributed by atoms with E-state index in [-0.39, 0.29) is 30.6 Å². The molecule has 1 N–H and O–H groups in total. The van der Waals surface area contributed by atoms with Crippen molar-refractivity contribution >= 4 is 40.9 Å². The fourth-order valence-electron chi connectivity index (χ4n) is 2.53. The van der Waals surface area contributed by atoms with Crippen LogP contribution in [0.4, 0.5) is 11.4 Å². The van der Waals surface area contributed by atoms with Crippen LogP contribution in [0, 0.1) is 0 Å². The minimum atomic E-state index is -0.284. The number of amides is 3. The van der Waals surface area contributed by atoms with Crippen LogP contribution >= 0.6 is 11.8 Å². The molecule has 0 saturated carbocycles. The maximum atomic E-state index is 12.4. The highest BCUT2D eigenvalue weighted by molar-refractivity contribution is 7.98. The third-order valence-corrected chi connectivity index (χ3v) is 4.51. The average Bonchev–Trinajstić information content (AvgIpc) is 2.94. The minimum Gasteiger partial charge on any atom is -0.322 e. The summed E-state index contributed by atoms with van der Waals surface area (Å²) < 4.78 is 0. The van der Waals surface area contributed by atoms with Gasteiger partial charge in [0, 0.05) is 29.0 Å². The second-order valence-corrected chi connectivity index (χ2v) is 6.24. The van der Waals surface area contributed by atoms with Gasteiger partial charge in [-0.05, 0) is 48.7 Å². The van der Waals surface area contributed by atoms with Gasteiger partial charge in [-0.25, -0.2) is 0 Å². The van der Waals surface area contributed by atoms with Crippen LogP contribution in [-0.4, -0.2) is 24.0 Å². The number of benzene rings is 2.